The van der Waals surface area contributed by atoms with Gasteiger partial charge in [0.15, 0.2) is 0 Å². The van der Waals surface area contributed by atoms with Crippen molar-refractivity contribution in [1.29, 1.82) is 0 Å². The third-order valence-corrected chi connectivity index (χ3v) is 4.86. The summed E-state index contributed by atoms with van der Waals surface area (Å²) >= 11 is 1.01. The highest BCUT2D eigenvalue weighted by atomic mass is 32.1. The maximum atomic E-state index is 12.5. The zero-order valence-corrected chi connectivity index (χ0v) is 16.6. The van der Waals surface area contributed by atoms with Gasteiger partial charge >= 0.3 is 11.9 Å². The number of carbonyl (C=O) groups is 3. The van der Waals surface area contributed by atoms with Gasteiger partial charge in [-0.1, -0.05) is 0 Å². The predicted molar refractivity (Wildman–Crippen MR) is 97.8 cm³/mol. The summed E-state index contributed by atoms with van der Waals surface area (Å²) < 4.78 is 15.9. The van der Waals surface area contributed by atoms with Crippen LogP contribution >= 0.6 is 11.3 Å². The van der Waals surface area contributed by atoms with E-state index in [2.05, 4.69) is 5.32 Å². The fourth-order valence-electron chi connectivity index (χ4n) is 2.55. The molecular weight excluding hydrogens is 358 g/mol. The highest BCUT2D eigenvalue weighted by Crippen LogP contribution is 2.35. The quantitative estimate of drug-likeness (QED) is 0.785. The largest absolute Gasteiger partial charge is 0.462 e. The Labute approximate surface area is 157 Å². The van der Waals surface area contributed by atoms with Crippen LogP contribution < -0.4 is 5.32 Å². The molecule has 1 aliphatic heterocycles. The normalized spacial score (nSPS) is 17.0. The van der Waals surface area contributed by atoms with E-state index < -0.39 is 23.6 Å². The van der Waals surface area contributed by atoms with Crippen LogP contribution in [0.1, 0.15) is 66.1 Å². The molecule has 2 heterocycles. The average Bonchev–Trinajstić information content (AvgIpc) is 3.14. The Morgan fingerprint density at radius 2 is 1.96 bits per heavy atom. The lowest BCUT2D eigenvalue weighted by Gasteiger charge is -2.19. The molecule has 0 radical (unpaired) electrons. The summed E-state index contributed by atoms with van der Waals surface area (Å²) in [6.07, 6.45) is 0.900. The minimum Gasteiger partial charge on any atom is -0.462 e. The zero-order chi connectivity index (χ0) is 19.5. The highest BCUT2D eigenvalue weighted by molar-refractivity contribution is 7.18. The van der Waals surface area contributed by atoms with Crippen LogP contribution in [0.3, 0.4) is 0 Å². The number of amides is 1. The van der Waals surface area contributed by atoms with Gasteiger partial charge in [0.1, 0.15) is 21.6 Å². The molecule has 1 aromatic heterocycles. The smallest absolute Gasteiger partial charge is 0.349 e. The van der Waals surface area contributed by atoms with Crippen LogP contribution in [-0.2, 0) is 19.0 Å². The Morgan fingerprint density at radius 3 is 2.50 bits per heavy atom. The number of nitrogens with one attached hydrogen (secondary N) is 1. The van der Waals surface area contributed by atoms with E-state index in [0.717, 1.165) is 17.8 Å². The fraction of sp³-hybridized carbons (Fsp3) is 0.611. The molecular formula is C18H25NO6S. The summed E-state index contributed by atoms with van der Waals surface area (Å²) in [5.41, 5.74) is -0.0481. The summed E-state index contributed by atoms with van der Waals surface area (Å²) in [7, 11) is 0. The number of esters is 2. The second-order valence-electron chi connectivity index (χ2n) is 6.97. The molecule has 1 saturated heterocycles. The molecule has 26 heavy (non-hydrogen) atoms. The number of hydrogen-bond acceptors (Lipinski definition) is 7. The summed E-state index contributed by atoms with van der Waals surface area (Å²) in [5, 5.41) is 3.00. The molecule has 7 nitrogen and oxygen atoms in total. The Balaban J connectivity index is 2.34. The van der Waals surface area contributed by atoms with Gasteiger partial charge in [-0.2, -0.15) is 0 Å². The topological polar surface area (TPSA) is 90.9 Å². The first kappa shape index (κ1) is 20.4. The van der Waals surface area contributed by atoms with Crippen molar-refractivity contribution in [3.05, 3.63) is 16.0 Å². The predicted octanol–water partition coefficient (Wildman–Crippen LogP) is 3.31. The van der Waals surface area contributed by atoms with Crippen molar-refractivity contribution in [1.82, 2.24) is 0 Å². The second-order valence-corrected chi connectivity index (χ2v) is 7.99. The summed E-state index contributed by atoms with van der Waals surface area (Å²) in [6.45, 7) is 9.36. The van der Waals surface area contributed by atoms with Crippen molar-refractivity contribution in [2.75, 3.05) is 18.5 Å². The minimum absolute atomic E-state index is 0.184. The fourth-order valence-corrected chi connectivity index (χ4v) is 3.62. The number of rotatable bonds is 5. The first-order chi connectivity index (χ1) is 12.1. The van der Waals surface area contributed by atoms with E-state index in [4.69, 9.17) is 14.2 Å². The molecule has 0 aromatic carbocycles. The molecule has 1 N–H and O–H groups in total. The zero-order valence-electron chi connectivity index (χ0n) is 15.8. The molecule has 0 aliphatic carbocycles. The highest BCUT2D eigenvalue weighted by Gasteiger charge is 2.31. The molecule has 1 amide bonds. The molecule has 1 atom stereocenters. The van der Waals surface area contributed by atoms with Gasteiger partial charge in [-0.25, -0.2) is 9.59 Å². The standard InChI is InChI=1S/C18H25NO6S/c1-6-23-16(21)12-10(2)13(17(22)25-18(3,4)5)26-15(12)19-14(20)11-8-7-9-24-11/h11H,6-9H2,1-5H3,(H,19,20)/t11-/m1/s1. The van der Waals surface area contributed by atoms with Crippen molar-refractivity contribution in [2.24, 2.45) is 0 Å². The van der Waals surface area contributed by atoms with E-state index in [1.54, 1.807) is 34.6 Å². The molecule has 0 bridgehead atoms. The molecule has 1 aromatic rings. The van der Waals surface area contributed by atoms with Crippen LogP contribution in [0.4, 0.5) is 5.00 Å². The van der Waals surface area contributed by atoms with Crippen LogP contribution in [0, 0.1) is 6.92 Å². The van der Waals surface area contributed by atoms with Crippen molar-refractivity contribution in [2.45, 2.75) is 59.2 Å². The van der Waals surface area contributed by atoms with Crippen LogP contribution in [-0.4, -0.2) is 42.8 Å². The lowest BCUT2D eigenvalue weighted by atomic mass is 10.1. The van der Waals surface area contributed by atoms with Crippen LogP contribution in [0.2, 0.25) is 0 Å². The maximum absolute atomic E-state index is 12.5. The second kappa shape index (κ2) is 8.18. The van der Waals surface area contributed by atoms with E-state index in [9.17, 15) is 14.4 Å². The molecule has 1 aliphatic rings. The van der Waals surface area contributed by atoms with Gasteiger partial charge < -0.3 is 19.5 Å². The molecule has 2 rings (SSSR count). The minimum atomic E-state index is -0.668. The Bertz CT molecular complexity index is 697. The molecule has 8 heteroatoms. The van der Waals surface area contributed by atoms with Gasteiger partial charge in [-0.05, 0) is 53.0 Å². The van der Waals surface area contributed by atoms with E-state index in [1.165, 1.54) is 0 Å². The monoisotopic (exact) mass is 383 g/mol. The molecule has 0 unspecified atom stereocenters. The maximum Gasteiger partial charge on any atom is 0.349 e. The van der Waals surface area contributed by atoms with Crippen LogP contribution in [0.5, 0.6) is 0 Å². The van der Waals surface area contributed by atoms with Gasteiger partial charge in [-0.15, -0.1) is 11.3 Å². The lowest BCUT2D eigenvalue weighted by Crippen LogP contribution is -2.27. The Kier molecular flexibility index (Phi) is 6.41. The Hall–Kier alpha value is -1.93. The van der Waals surface area contributed by atoms with Gasteiger partial charge in [0.25, 0.3) is 5.91 Å². The SMILES string of the molecule is CCOC(=O)c1c(NC(=O)[C@H]2CCCO2)sc(C(=O)OC(C)(C)C)c1C. The van der Waals surface area contributed by atoms with Crippen molar-refractivity contribution in [3.8, 4) is 0 Å². The molecule has 144 valence electrons. The number of hydrogen-bond donors (Lipinski definition) is 1. The first-order valence-corrected chi connectivity index (χ1v) is 9.42. The molecule has 0 saturated carbocycles. The van der Waals surface area contributed by atoms with Gasteiger partial charge in [0.2, 0.25) is 0 Å². The molecule has 0 spiro atoms. The summed E-state index contributed by atoms with van der Waals surface area (Å²) in [4.78, 5) is 37.5. The summed E-state index contributed by atoms with van der Waals surface area (Å²) in [5.74, 6) is -1.45. The van der Waals surface area contributed by atoms with E-state index in [-0.39, 0.29) is 28.0 Å². The van der Waals surface area contributed by atoms with Crippen LogP contribution in [0.15, 0.2) is 0 Å². The van der Waals surface area contributed by atoms with Gasteiger partial charge in [0.05, 0.1) is 12.2 Å². The van der Waals surface area contributed by atoms with E-state index in [1.807, 2.05) is 0 Å². The van der Waals surface area contributed by atoms with Gasteiger partial charge in [0, 0.05) is 6.61 Å². The number of thiophene rings is 1. The summed E-state index contributed by atoms with van der Waals surface area (Å²) in [6, 6.07) is 0. The van der Waals surface area contributed by atoms with Gasteiger partial charge in [-0.3, -0.25) is 4.79 Å². The Morgan fingerprint density at radius 1 is 1.27 bits per heavy atom. The number of ether oxygens (including phenoxy) is 3. The van der Waals surface area contributed by atoms with Crippen molar-refractivity contribution in [3.63, 3.8) is 0 Å². The third-order valence-electron chi connectivity index (χ3n) is 3.67. The lowest BCUT2D eigenvalue weighted by molar-refractivity contribution is -0.124. The first-order valence-electron chi connectivity index (χ1n) is 8.60. The van der Waals surface area contributed by atoms with E-state index >= 15 is 0 Å². The number of anilines is 1. The van der Waals surface area contributed by atoms with Crippen molar-refractivity contribution < 1.29 is 28.6 Å². The molecule has 1 fully saturated rings. The average molecular weight is 383 g/mol. The number of carbonyl (C=O) groups excluding carboxylic acids is 3. The van der Waals surface area contributed by atoms with E-state index in [0.29, 0.717) is 18.6 Å². The van der Waals surface area contributed by atoms with Crippen LogP contribution in [0.25, 0.3) is 0 Å². The van der Waals surface area contributed by atoms with Crippen molar-refractivity contribution >= 4 is 34.2 Å². The third kappa shape index (κ3) is 4.82.